The first kappa shape index (κ1) is 20.2. The Morgan fingerprint density at radius 1 is 1.07 bits per heavy atom. The molecule has 0 spiro atoms. The van der Waals surface area contributed by atoms with Crippen molar-refractivity contribution in [1.29, 1.82) is 0 Å². The molecule has 0 aliphatic carbocycles. The van der Waals surface area contributed by atoms with Crippen LogP contribution in [0.2, 0.25) is 0 Å². The van der Waals surface area contributed by atoms with Crippen LogP contribution >= 0.6 is 0 Å². The molecule has 4 aromatic rings. The predicted octanol–water partition coefficient (Wildman–Crippen LogP) is 4.30. The molecule has 4 rings (SSSR count). The van der Waals surface area contributed by atoms with Crippen molar-refractivity contribution in [2.45, 2.75) is 20.3 Å². The molecule has 0 aliphatic rings. The molecular weight excluding hydrogens is 374 g/mol. The van der Waals surface area contributed by atoms with Crippen LogP contribution in [0.3, 0.4) is 0 Å². The van der Waals surface area contributed by atoms with E-state index < -0.39 is 0 Å². The first-order valence-corrected chi connectivity index (χ1v) is 10.5. The lowest BCUT2D eigenvalue weighted by atomic mass is 10.0. The van der Waals surface area contributed by atoms with Crippen molar-refractivity contribution in [1.82, 2.24) is 24.8 Å². The van der Waals surface area contributed by atoms with Crippen LogP contribution < -0.4 is 0 Å². The van der Waals surface area contributed by atoms with Gasteiger partial charge in [0.15, 0.2) is 0 Å². The summed E-state index contributed by atoms with van der Waals surface area (Å²) < 4.78 is 0. The second kappa shape index (κ2) is 8.32. The van der Waals surface area contributed by atoms with E-state index in [9.17, 15) is 4.79 Å². The normalized spacial score (nSPS) is 11.6. The molecule has 0 bridgehead atoms. The lowest BCUT2D eigenvalue weighted by Gasteiger charge is -2.23. The van der Waals surface area contributed by atoms with Gasteiger partial charge in [-0.15, -0.1) is 0 Å². The molecule has 0 unspecified atom stereocenters. The minimum atomic E-state index is 0.0861. The minimum Gasteiger partial charge on any atom is -0.354 e. The zero-order valence-corrected chi connectivity index (χ0v) is 18.1. The van der Waals surface area contributed by atoms with Gasteiger partial charge >= 0.3 is 0 Å². The van der Waals surface area contributed by atoms with E-state index in [0.29, 0.717) is 6.54 Å². The molecule has 0 aliphatic heterocycles. The van der Waals surface area contributed by atoms with Gasteiger partial charge in [-0.05, 0) is 63.3 Å². The Balaban J connectivity index is 1.77. The fraction of sp³-hybridized carbons (Fsp3) is 0.333. The first-order chi connectivity index (χ1) is 14.5. The second-order valence-corrected chi connectivity index (χ2v) is 7.88. The molecule has 3 heterocycles. The number of rotatable bonds is 7. The molecule has 3 aromatic heterocycles. The SMILES string of the molecule is CCc1c(-c2ccnc3[nH]ccc23)[nH]c2ccc(C(=O)N(CC)CCN(C)C)cc12. The fourth-order valence-electron chi connectivity index (χ4n) is 4.06. The van der Waals surface area contributed by atoms with Crippen LogP contribution in [0.4, 0.5) is 0 Å². The zero-order chi connectivity index (χ0) is 21.3. The number of nitrogens with one attached hydrogen (secondary N) is 2. The monoisotopic (exact) mass is 403 g/mol. The highest BCUT2D eigenvalue weighted by Gasteiger charge is 2.19. The average Bonchev–Trinajstić information content (AvgIpc) is 3.37. The number of nitrogens with zero attached hydrogens (tertiary/aromatic N) is 3. The third kappa shape index (κ3) is 3.59. The molecule has 6 nitrogen and oxygen atoms in total. The van der Waals surface area contributed by atoms with Crippen LogP contribution in [-0.4, -0.2) is 64.4 Å². The maximum Gasteiger partial charge on any atom is 0.253 e. The molecule has 0 saturated heterocycles. The Kier molecular flexibility index (Phi) is 5.59. The Bertz CT molecular complexity index is 1190. The number of pyridine rings is 1. The Hall–Kier alpha value is -3.12. The number of fused-ring (bicyclic) bond motifs is 2. The Morgan fingerprint density at radius 3 is 2.63 bits per heavy atom. The third-order valence-corrected chi connectivity index (χ3v) is 5.72. The second-order valence-electron chi connectivity index (χ2n) is 7.88. The van der Waals surface area contributed by atoms with Crippen molar-refractivity contribution in [2.24, 2.45) is 0 Å². The summed E-state index contributed by atoms with van der Waals surface area (Å²) in [6, 6.07) is 10.1. The fourth-order valence-corrected chi connectivity index (χ4v) is 4.06. The smallest absolute Gasteiger partial charge is 0.253 e. The van der Waals surface area contributed by atoms with E-state index in [4.69, 9.17) is 0 Å². The van der Waals surface area contributed by atoms with Crippen LogP contribution in [0.15, 0.2) is 42.7 Å². The van der Waals surface area contributed by atoms with Crippen molar-refractivity contribution in [2.75, 3.05) is 33.7 Å². The van der Waals surface area contributed by atoms with Crippen LogP contribution in [-0.2, 0) is 6.42 Å². The highest BCUT2D eigenvalue weighted by molar-refractivity contribution is 6.02. The number of H-pyrrole nitrogens is 2. The van der Waals surface area contributed by atoms with Gasteiger partial charge in [0, 0.05) is 59.4 Å². The number of carbonyl (C=O) groups is 1. The van der Waals surface area contributed by atoms with Gasteiger partial charge in [-0.25, -0.2) is 4.98 Å². The predicted molar refractivity (Wildman–Crippen MR) is 123 cm³/mol. The summed E-state index contributed by atoms with van der Waals surface area (Å²) in [6.45, 7) is 6.47. The number of carbonyl (C=O) groups excluding carboxylic acids is 1. The highest BCUT2D eigenvalue weighted by Crippen LogP contribution is 2.34. The van der Waals surface area contributed by atoms with E-state index in [-0.39, 0.29) is 5.91 Å². The molecule has 0 fully saturated rings. The summed E-state index contributed by atoms with van der Waals surface area (Å²) >= 11 is 0. The summed E-state index contributed by atoms with van der Waals surface area (Å²) in [6.07, 6.45) is 4.62. The standard InChI is InChI=1S/C24H29N5O/c1-5-17-20-15-16(24(30)29(6-2)14-13-28(3)4)7-8-21(20)27-22(17)18-9-11-25-23-19(18)10-12-26-23/h7-12,15,27H,5-6,13-14H2,1-4H3,(H,25,26). The van der Waals surface area contributed by atoms with Crippen LogP contribution in [0.1, 0.15) is 29.8 Å². The maximum absolute atomic E-state index is 13.1. The van der Waals surface area contributed by atoms with Gasteiger partial charge in [0.25, 0.3) is 5.91 Å². The molecule has 156 valence electrons. The number of amides is 1. The van der Waals surface area contributed by atoms with E-state index in [0.717, 1.165) is 58.3 Å². The summed E-state index contributed by atoms with van der Waals surface area (Å²) in [5.41, 5.74) is 6.13. The number of aromatic amines is 2. The third-order valence-electron chi connectivity index (χ3n) is 5.72. The van der Waals surface area contributed by atoms with Crippen molar-refractivity contribution in [3.05, 3.63) is 53.9 Å². The molecule has 0 radical (unpaired) electrons. The maximum atomic E-state index is 13.1. The molecule has 0 saturated carbocycles. The van der Waals surface area contributed by atoms with E-state index in [1.54, 1.807) is 0 Å². The summed E-state index contributed by atoms with van der Waals surface area (Å²) in [7, 11) is 4.06. The lowest BCUT2D eigenvalue weighted by molar-refractivity contribution is 0.0754. The van der Waals surface area contributed by atoms with Crippen LogP contribution in [0.25, 0.3) is 33.2 Å². The lowest BCUT2D eigenvalue weighted by Crippen LogP contribution is -2.36. The zero-order valence-electron chi connectivity index (χ0n) is 18.1. The van der Waals surface area contributed by atoms with Gasteiger partial charge in [0.1, 0.15) is 5.65 Å². The van der Waals surface area contributed by atoms with Crippen molar-refractivity contribution in [3.63, 3.8) is 0 Å². The number of hydrogen-bond acceptors (Lipinski definition) is 3. The van der Waals surface area contributed by atoms with Crippen molar-refractivity contribution in [3.8, 4) is 11.3 Å². The molecular formula is C24H29N5O. The Labute approximate surface area is 176 Å². The van der Waals surface area contributed by atoms with Gasteiger partial charge in [0.2, 0.25) is 0 Å². The first-order valence-electron chi connectivity index (χ1n) is 10.5. The summed E-state index contributed by atoms with van der Waals surface area (Å²) in [4.78, 5) is 28.3. The van der Waals surface area contributed by atoms with Gasteiger partial charge in [-0.2, -0.15) is 0 Å². The molecule has 6 heteroatoms. The summed E-state index contributed by atoms with van der Waals surface area (Å²) in [5, 5.41) is 2.21. The summed E-state index contributed by atoms with van der Waals surface area (Å²) in [5.74, 6) is 0.0861. The number of hydrogen-bond donors (Lipinski definition) is 2. The number of aryl methyl sites for hydroxylation is 1. The molecule has 1 amide bonds. The van der Waals surface area contributed by atoms with Gasteiger partial charge < -0.3 is 19.8 Å². The quantitative estimate of drug-likeness (QED) is 0.483. The topological polar surface area (TPSA) is 68.0 Å². The van der Waals surface area contributed by atoms with E-state index in [1.807, 2.05) is 62.6 Å². The Morgan fingerprint density at radius 2 is 1.90 bits per heavy atom. The van der Waals surface area contributed by atoms with E-state index in [1.165, 1.54) is 5.56 Å². The van der Waals surface area contributed by atoms with Crippen molar-refractivity contribution >= 4 is 27.8 Å². The number of benzene rings is 1. The van der Waals surface area contributed by atoms with Gasteiger partial charge in [-0.3, -0.25) is 4.79 Å². The van der Waals surface area contributed by atoms with Gasteiger partial charge in [0.05, 0.1) is 5.69 Å². The molecule has 2 N–H and O–H groups in total. The number of likely N-dealkylation sites (N-methyl/N-ethyl adjacent to an activating group) is 2. The minimum absolute atomic E-state index is 0.0861. The largest absolute Gasteiger partial charge is 0.354 e. The number of aromatic nitrogens is 3. The van der Waals surface area contributed by atoms with Crippen LogP contribution in [0.5, 0.6) is 0 Å². The molecule has 1 aromatic carbocycles. The highest BCUT2D eigenvalue weighted by atomic mass is 16.2. The van der Waals surface area contributed by atoms with Crippen molar-refractivity contribution < 1.29 is 4.79 Å². The molecule has 0 atom stereocenters. The van der Waals surface area contributed by atoms with Gasteiger partial charge in [-0.1, -0.05) is 6.92 Å². The molecule has 30 heavy (non-hydrogen) atoms. The van der Waals surface area contributed by atoms with Crippen LogP contribution in [0, 0.1) is 0 Å². The average molecular weight is 404 g/mol. The van der Waals surface area contributed by atoms with E-state index in [2.05, 4.69) is 32.8 Å². The van der Waals surface area contributed by atoms with E-state index >= 15 is 0 Å².